The van der Waals surface area contributed by atoms with E-state index in [2.05, 4.69) is 44.0 Å². The lowest BCUT2D eigenvalue weighted by Gasteiger charge is -2.30. The maximum absolute atomic E-state index is 13.5. The van der Waals surface area contributed by atoms with Gasteiger partial charge in [-0.05, 0) is 80.6 Å². The van der Waals surface area contributed by atoms with Crippen molar-refractivity contribution in [3.05, 3.63) is 60.2 Å². The number of hydrogen-bond acceptors (Lipinski definition) is 11. The van der Waals surface area contributed by atoms with Crippen LogP contribution in [0.15, 0.2) is 53.8 Å². The molecule has 2 aliphatic rings. The summed E-state index contributed by atoms with van der Waals surface area (Å²) < 4.78 is 27.3. The van der Waals surface area contributed by atoms with E-state index in [0.29, 0.717) is 41.4 Å². The minimum absolute atomic E-state index is 0.111. The van der Waals surface area contributed by atoms with Gasteiger partial charge in [-0.1, -0.05) is 33.0 Å². The van der Waals surface area contributed by atoms with Crippen LogP contribution in [0.1, 0.15) is 58.0 Å². The molecule has 4 N–H and O–H groups in total. The second-order valence-electron chi connectivity index (χ2n) is 14.9. The third kappa shape index (κ3) is 10.6. The Hall–Kier alpha value is -5.68. The van der Waals surface area contributed by atoms with Crippen LogP contribution in [0.3, 0.4) is 0 Å². The summed E-state index contributed by atoms with van der Waals surface area (Å²) in [6.45, 7) is 12.3. The summed E-state index contributed by atoms with van der Waals surface area (Å²) in [5.41, 5.74) is 3.18. The van der Waals surface area contributed by atoms with Gasteiger partial charge in [-0.15, -0.1) is 0 Å². The van der Waals surface area contributed by atoms with Crippen molar-refractivity contribution in [2.75, 3.05) is 27.9 Å². The van der Waals surface area contributed by atoms with Crippen LogP contribution in [0.25, 0.3) is 17.3 Å². The van der Waals surface area contributed by atoms with Gasteiger partial charge in [-0.3, -0.25) is 14.6 Å². The monoisotopic (exact) mass is 816 g/mol. The topological polar surface area (TPSA) is 195 Å². The highest BCUT2D eigenvalue weighted by Gasteiger charge is 2.37. The van der Waals surface area contributed by atoms with Gasteiger partial charge in [0.2, 0.25) is 11.8 Å². The number of aromatic amines is 1. The fourth-order valence-electron chi connectivity index (χ4n) is 6.80. The normalized spacial score (nSPS) is 17.1. The number of hydrogen-bond donors (Lipinski definition) is 4. The van der Waals surface area contributed by atoms with Gasteiger partial charge in [-0.2, -0.15) is 0 Å². The van der Waals surface area contributed by atoms with Crippen LogP contribution >= 0.6 is 0 Å². The Labute approximate surface area is 340 Å². The highest BCUT2D eigenvalue weighted by Crippen LogP contribution is 2.47. The average Bonchev–Trinajstić information content (AvgIpc) is 3.91. The Kier molecular flexibility index (Phi) is 14.7. The van der Waals surface area contributed by atoms with Crippen molar-refractivity contribution in [3.8, 4) is 34.3 Å². The van der Waals surface area contributed by atoms with E-state index in [-0.39, 0.29) is 17.9 Å². The zero-order valence-corrected chi connectivity index (χ0v) is 35.5. The molecular formula is C41H54N7O9Si. The summed E-state index contributed by atoms with van der Waals surface area (Å²) >= 11 is 0. The summed E-state index contributed by atoms with van der Waals surface area (Å²) in [4.78, 5) is 65.2. The lowest BCUT2D eigenvalue weighted by molar-refractivity contribution is -0.134. The summed E-state index contributed by atoms with van der Waals surface area (Å²) in [6.07, 6.45) is 4.95. The van der Waals surface area contributed by atoms with Crippen LogP contribution in [0.5, 0.6) is 23.0 Å². The number of aliphatic imine (C=N–C) groups is 1. The molecule has 0 saturated carbocycles. The Bertz CT molecular complexity index is 2020. The molecule has 2 unspecified atom stereocenters. The summed E-state index contributed by atoms with van der Waals surface area (Å²) in [6, 6.07) is 9.63. The van der Waals surface area contributed by atoms with Crippen LogP contribution in [0.2, 0.25) is 19.1 Å². The molecule has 0 bridgehead atoms. The van der Waals surface area contributed by atoms with Gasteiger partial charge in [0.25, 0.3) is 0 Å². The predicted molar refractivity (Wildman–Crippen MR) is 221 cm³/mol. The number of benzene rings is 2. The van der Waals surface area contributed by atoms with Gasteiger partial charge < -0.3 is 49.5 Å². The maximum Gasteiger partial charge on any atom is 0.407 e. The quantitative estimate of drug-likeness (QED) is 0.0765. The molecule has 0 aliphatic carbocycles. The van der Waals surface area contributed by atoms with E-state index in [0.717, 1.165) is 35.4 Å². The highest BCUT2D eigenvalue weighted by molar-refractivity contribution is 6.55. The molecule has 3 aromatic rings. The number of rotatable bonds is 15. The molecule has 4 amide bonds. The minimum Gasteiger partial charge on any atom is -0.453 e. The van der Waals surface area contributed by atoms with Crippen LogP contribution in [0, 0.1) is 5.92 Å². The number of likely N-dealkylation sites (tertiary alicyclic amines) is 1. The van der Waals surface area contributed by atoms with E-state index in [4.69, 9.17) is 23.7 Å². The molecule has 5 atom stereocenters. The average molecular weight is 817 g/mol. The van der Waals surface area contributed by atoms with E-state index in [1.165, 1.54) is 21.3 Å². The molecule has 17 heteroatoms. The molecule has 0 spiro atoms. The van der Waals surface area contributed by atoms with Gasteiger partial charge in [0, 0.05) is 39.9 Å². The second kappa shape index (κ2) is 19.6. The summed E-state index contributed by atoms with van der Waals surface area (Å²) in [7, 11) is 3.16. The van der Waals surface area contributed by atoms with Gasteiger partial charge in [0.15, 0.2) is 23.0 Å². The SMILES string of the molecule is COC(=O)N[C@H](C(=O)N1CCCC1C(C)=N/C=C/c1ccc2c(c1)Oc1ccc(-c3cnc([C@H](C[Si](C)C)NC(=O)[C@@H](NC(=O)OC)C(C)OC)[nH]3)cc1O2)C(C)C. The van der Waals surface area contributed by atoms with E-state index < -0.39 is 51.1 Å². The number of amides is 4. The molecule has 1 fully saturated rings. The van der Waals surface area contributed by atoms with Crippen molar-refractivity contribution in [1.29, 1.82) is 0 Å². The summed E-state index contributed by atoms with van der Waals surface area (Å²) in [5.74, 6) is 2.09. The van der Waals surface area contributed by atoms with Crippen molar-refractivity contribution in [1.82, 2.24) is 30.8 Å². The lowest BCUT2D eigenvalue weighted by atomic mass is 10.0. The molecule has 1 saturated heterocycles. The highest BCUT2D eigenvalue weighted by atomic mass is 28.3. The number of imidazole rings is 1. The fraction of sp³-hybridized carbons (Fsp3) is 0.463. The van der Waals surface area contributed by atoms with Crippen molar-refractivity contribution in [2.24, 2.45) is 10.9 Å². The zero-order chi connectivity index (χ0) is 42.1. The zero-order valence-electron chi connectivity index (χ0n) is 34.5. The van der Waals surface area contributed by atoms with Gasteiger partial charge in [0.1, 0.15) is 17.9 Å². The van der Waals surface area contributed by atoms with Crippen LogP contribution < -0.4 is 25.4 Å². The number of H-pyrrole nitrogens is 1. The number of nitrogens with zero attached hydrogens (tertiary/aromatic N) is 3. The fourth-order valence-corrected chi connectivity index (χ4v) is 7.92. The molecule has 311 valence electrons. The second-order valence-corrected chi connectivity index (χ2v) is 17.7. The minimum atomic E-state index is -0.973. The van der Waals surface area contributed by atoms with Crippen LogP contribution in [0.4, 0.5) is 9.59 Å². The third-order valence-corrected chi connectivity index (χ3v) is 11.3. The number of alkyl carbamates (subject to hydrolysis) is 2. The number of ether oxygens (including phenoxy) is 5. The smallest absolute Gasteiger partial charge is 0.407 e. The largest absolute Gasteiger partial charge is 0.453 e. The van der Waals surface area contributed by atoms with Crippen molar-refractivity contribution in [2.45, 2.75) is 89.9 Å². The van der Waals surface area contributed by atoms with Gasteiger partial charge >= 0.3 is 12.2 Å². The molecule has 1 radical (unpaired) electrons. The van der Waals surface area contributed by atoms with Gasteiger partial charge in [-0.25, -0.2) is 14.6 Å². The molecule has 2 aliphatic heterocycles. The first kappa shape index (κ1) is 43.4. The number of nitrogens with one attached hydrogen (secondary N) is 4. The number of aromatic nitrogens is 2. The lowest BCUT2D eigenvalue weighted by Crippen LogP contribution is -2.53. The number of carbonyl (C=O) groups excluding carboxylic acids is 4. The molecule has 3 heterocycles. The van der Waals surface area contributed by atoms with E-state index in [1.54, 1.807) is 24.2 Å². The number of fused-ring (bicyclic) bond motifs is 2. The van der Waals surface area contributed by atoms with E-state index in [1.807, 2.05) is 63.2 Å². The third-order valence-electron chi connectivity index (χ3n) is 10.1. The Morgan fingerprint density at radius 2 is 1.60 bits per heavy atom. The maximum atomic E-state index is 13.5. The van der Waals surface area contributed by atoms with Gasteiger partial charge in [0.05, 0.1) is 44.3 Å². The molecule has 16 nitrogen and oxygen atoms in total. The summed E-state index contributed by atoms with van der Waals surface area (Å²) in [5, 5.41) is 8.28. The first-order chi connectivity index (χ1) is 27.7. The molecule has 5 rings (SSSR count). The molecule has 1 aromatic heterocycles. The van der Waals surface area contributed by atoms with Crippen molar-refractivity contribution >= 4 is 44.6 Å². The van der Waals surface area contributed by atoms with Crippen LogP contribution in [-0.2, 0) is 23.8 Å². The molecule has 2 aromatic carbocycles. The Morgan fingerprint density at radius 1 is 0.948 bits per heavy atom. The van der Waals surface area contributed by atoms with Crippen molar-refractivity contribution in [3.63, 3.8) is 0 Å². The standard InChI is InChI=1S/C41H54N7O9Si/c1-23(2)35(46-40(51)54-6)39(50)48-18-10-11-30(48)24(3)42-17-16-26-12-14-31-33(19-26)56-32-15-13-27(20-34(32)57-31)28-21-43-37(44-28)29(22-58(8)9)45-38(49)36(25(4)53-5)47-41(52)55-7/h12-17,19-21,23,25,29-30,35-36H,10-11,18,22H2,1-9H3,(H,43,44)(H,45,49)(H,46,51)(H,47,52)/b17-16+,42-24?/t25?,29-,30?,35-,36-/m0/s1. The molecule has 58 heavy (non-hydrogen) atoms. The van der Waals surface area contributed by atoms with Crippen LogP contribution in [-0.4, -0.2) is 105 Å². The predicted octanol–water partition coefficient (Wildman–Crippen LogP) is 6.45. The molecular weight excluding hydrogens is 763 g/mol. The van der Waals surface area contributed by atoms with E-state index in [9.17, 15) is 19.2 Å². The van der Waals surface area contributed by atoms with E-state index >= 15 is 0 Å². The first-order valence-corrected chi connectivity index (χ1v) is 21.9. The Morgan fingerprint density at radius 3 is 2.24 bits per heavy atom. The first-order valence-electron chi connectivity index (χ1n) is 19.2. The Balaban J connectivity index is 1.25. The van der Waals surface area contributed by atoms with Crippen molar-refractivity contribution < 1.29 is 42.9 Å². The number of methoxy groups -OCH3 is 3. The number of carbonyl (C=O) groups is 4.